The van der Waals surface area contributed by atoms with Crippen molar-refractivity contribution in [2.24, 2.45) is 11.3 Å². The van der Waals surface area contributed by atoms with Crippen molar-refractivity contribution in [1.82, 2.24) is 25.2 Å². The summed E-state index contributed by atoms with van der Waals surface area (Å²) in [5.41, 5.74) is -3.19. The van der Waals surface area contributed by atoms with E-state index in [1.54, 1.807) is 67.1 Å². The van der Waals surface area contributed by atoms with Crippen molar-refractivity contribution in [3.63, 3.8) is 0 Å². The molecule has 0 radical (unpaired) electrons. The van der Waals surface area contributed by atoms with E-state index >= 15 is 0 Å². The van der Waals surface area contributed by atoms with Gasteiger partial charge in [0.1, 0.15) is 40.8 Å². The molecule has 14 nitrogen and oxygen atoms in total. The molecule has 3 fully saturated rings. The van der Waals surface area contributed by atoms with Crippen molar-refractivity contribution in [3.05, 3.63) is 43.2 Å². The molecule has 1 aromatic heterocycles. The van der Waals surface area contributed by atoms with E-state index < -0.39 is 79.7 Å². The Morgan fingerprint density at radius 2 is 1.80 bits per heavy atom. The number of carbonyl (C=O) groups excluding carboxylic acids is 4. The third-order valence-corrected chi connectivity index (χ3v) is 10.9. The van der Waals surface area contributed by atoms with Crippen molar-refractivity contribution < 1.29 is 41.8 Å². The molecule has 2 aliphatic carbocycles. The predicted octanol–water partition coefficient (Wildman–Crippen LogP) is 3.20. The highest BCUT2D eigenvalue weighted by Gasteiger charge is 2.62. The Bertz CT molecular complexity index is 1800. The first-order valence-corrected chi connectivity index (χ1v) is 18.2. The van der Waals surface area contributed by atoms with Gasteiger partial charge in [-0.3, -0.25) is 24.1 Å². The summed E-state index contributed by atoms with van der Waals surface area (Å²) in [4.78, 5) is 60.6. The van der Waals surface area contributed by atoms with Crippen LogP contribution in [0.25, 0.3) is 10.8 Å². The van der Waals surface area contributed by atoms with Crippen LogP contribution in [0.5, 0.6) is 11.5 Å². The summed E-state index contributed by atoms with van der Waals surface area (Å²) in [6, 6.07) is 3.17. The van der Waals surface area contributed by atoms with Crippen molar-refractivity contribution >= 4 is 44.6 Å². The minimum Gasteiger partial charge on any atom is -0.497 e. The summed E-state index contributed by atoms with van der Waals surface area (Å²) in [6.07, 6.45) is 4.32. The number of nitrogens with one attached hydrogen (secondary N) is 3. The number of methoxy groups -OCH3 is 1. The van der Waals surface area contributed by atoms with Crippen molar-refractivity contribution in [2.45, 2.75) is 102 Å². The number of carbonyl (C=O) groups is 4. The zero-order valence-corrected chi connectivity index (χ0v) is 30.4. The number of aromatic nitrogens is 1. The van der Waals surface area contributed by atoms with E-state index in [-0.39, 0.29) is 19.4 Å². The Morgan fingerprint density at radius 3 is 2.38 bits per heavy atom. The topological polar surface area (TPSA) is 182 Å². The first-order chi connectivity index (χ1) is 23.3. The number of hydrogen-bond acceptors (Lipinski definition) is 10. The first-order valence-electron chi connectivity index (χ1n) is 16.7. The van der Waals surface area contributed by atoms with E-state index in [1.807, 2.05) is 12.1 Å². The van der Waals surface area contributed by atoms with Gasteiger partial charge in [-0.05, 0) is 63.6 Å². The molecular formula is C35H47N5O9S. The van der Waals surface area contributed by atoms with E-state index in [9.17, 15) is 27.6 Å². The van der Waals surface area contributed by atoms with Crippen molar-refractivity contribution in [2.75, 3.05) is 13.7 Å². The minimum absolute atomic E-state index is 0.0320. The molecule has 4 amide bonds. The lowest BCUT2D eigenvalue weighted by atomic mass is 9.85. The number of sulfonamides is 1. The molecule has 1 saturated heterocycles. The first kappa shape index (κ1) is 36.9. The summed E-state index contributed by atoms with van der Waals surface area (Å²) < 4.78 is 44.6. The highest BCUT2D eigenvalue weighted by atomic mass is 32.2. The summed E-state index contributed by atoms with van der Waals surface area (Å²) in [5.74, 6) is -1.52. The molecule has 3 aliphatic rings. The van der Waals surface area contributed by atoms with Crippen LogP contribution >= 0.6 is 0 Å². The monoisotopic (exact) mass is 713 g/mol. The average molecular weight is 714 g/mol. The lowest BCUT2D eigenvalue weighted by Gasteiger charge is -2.36. The van der Waals surface area contributed by atoms with Crippen LogP contribution in [0.3, 0.4) is 0 Å². The molecule has 5 atom stereocenters. The zero-order chi connectivity index (χ0) is 36.8. The molecule has 0 spiro atoms. The summed E-state index contributed by atoms with van der Waals surface area (Å²) >= 11 is 0. The molecule has 50 heavy (non-hydrogen) atoms. The molecule has 0 unspecified atom stereocenters. The standard InChI is InChI=1S/C35H47N5O9S/c1-9-21-16-35(21,31(43)39-50(45,46)24-11-12-24)38-29(41)26-15-23(48-27-18-36-17-20-14-22(47-8)10-13-25(20)27)19-40(26)30(42)28(33(2,3)4)37-32(44)49-34(5,6)7/h9-10,13-14,17-18,21,23-24,26,28H,1,11-12,15-16,19H2,2-8H3,(H,37,44)(H,38,41)(H,39,43)/t21-,23-,26+,28-,35-/m1/s1. The average Bonchev–Trinajstić information content (AvgIpc) is 3.95. The molecule has 15 heteroatoms. The third kappa shape index (κ3) is 7.98. The Labute approximate surface area is 292 Å². The van der Waals surface area contributed by atoms with Gasteiger partial charge in [-0.2, -0.15) is 0 Å². The second-order valence-corrected chi connectivity index (χ2v) is 17.3. The number of benzene rings is 1. The summed E-state index contributed by atoms with van der Waals surface area (Å²) in [5, 5.41) is 6.33. The number of pyridine rings is 1. The maximum absolute atomic E-state index is 14.4. The van der Waals surface area contributed by atoms with Crippen LogP contribution in [0.4, 0.5) is 4.79 Å². The molecule has 3 N–H and O–H groups in total. The lowest BCUT2D eigenvalue weighted by molar-refractivity contribution is -0.143. The maximum Gasteiger partial charge on any atom is 0.408 e. The van der Waals surface area contributed by atoms with Crippen molar-refractivity contribution in [3.8, 4) is 11.5 Å². The van der Waals surface area contributed by atoms with E-state index in [1.165, 1.54) is 11.0 Å². The van der Waals surface area contributed by atoms with Gasteiger partial charge < -0.3 is 29.7 Å². The normalized spacial score (nSPS) is 24.1. The Morgan fingerprint density at radius 1 is 1.10 bits per heavy atom. The van der Waals surface area contributed by atoms with Gasteiger partial charge >= 0.3 is 6.09 Å². The SMILES string of the molecule is C=C[C@@H]1C[C@]1(NC(=O)[C@@H]1C[C@@H](Oc2cncc3cc(OC)ccc23)CN1C(=O)[C@@H](NC(=O)OC(C)(C)C)C(C)(C)C)C(=O)NS(=O)(=O)C1CC1. The number of fused-ring (bicyclic) bond motifs is 1. The Kier molecular flexibility index (Phi) is 9.87. The number of alkyl carbamates (subject to hydrolysis) is 1. The number of hydrogen-bond donors (Lipinski definition) is 3. The number of rotatable bonds is 11. The fourth-order valence-electron chi connectivity index (χ4n) is 6.16. The van der Waals surface area contributed by atoms with Gasteiger partial charge in [0.05, 0.1) is 25.1 Å². The molecule has 272 valence electrons. The van der Waals surface area contributed by atoms with Crippen LogP contribution in [0.1, 0.15) is 67.2 Å². The maximum atomic E-state index is 14.4. The molecule has 1 aliphatic heterocycles. The van der Waals surface area contributed by atoms with Crippen molar-refractivity contribution in [1.29, 1.82) is 0 Å². The molecule has 2 saturated carbocycles. The molecule has 5 rings (SSSR count). The van der Waals surface area contributed by atoms with E-state index in [4.69, 9.17) is 14.2 Å². The number of likely N-dealkylation sites (tertiary alicyclic amines) is 1. The number of ether oxygens (including phenoxy) is 3. The number of amides is 4. The molecule has 2 aromatic rings. The van der Waals surface area contributed by atoms with Gasteiger partial charge in [-0.1, -0.05) is 26.8 Å². The van der Waals surface area contributed by atoms with Gasteiger partial charge in [0.15, 0.2) is 0 Å². The van der Waals surface area contributed by atoms with E-state index in [2.05, 4.69) is 26.9 Å². The summed E-state index contributed by atoms with van der Waals surface area (Å²) in [7, 11) is -2.33. The van der Waals surface area contributed by atoms with Gasteiger partial charge in [-0.15, -0.1) is 6.58 Å². The van der Waals surface area contributed by atoms with Crippen LogP contribution < -0.4 is 24.8 Å². The second kappa shape index (κ2) is 13.4. The fourth-order valence-corrected chi connectivity index (χ4v) is 7.53. The number of nitrogens with zero attached hydrogens (tertiary/aromatic N) is 2. The predicted molar refractivity (Wildman–Crippen MR) is 185 cm³/mol. The van der Waals surface area contributed by atoms with Gasteiger partial charge in [-0.25, -0.2) is 13.2 Å². The second-order valence-electron chi connectivity index (χ2n) is 15.3. The summed E-state index contributed by atoms with van der Waals surface area (Å²) in [6.45, 7) is 14.2. The van der Waals surface area contributed by atoms with E-state index in [0.29, 0.717) is 24.3 Å². The quantitative estimate of drug-likeness (QED) is 0.293. The largest absolute Gasteiger partial charge is 0.497 e. The van der Waals surface area contributed by atoms with Gasteiger partial charge in [0, 0.05) is 29.3 Å². The van der Waals surface area contributed by atoms with Crippen LogP contribution in [-0.2, 0) is 29.1 Å². The lowest BCUT2D eigenvalue weighted by Crippen LogP contribution is -2.60. The smallest absolute Gasteiger partial charge is 0.408 e. The van der Waals surface area contributed by atoms with Gasteiger partial charge in [0.2, 0.25) is 21.8 Å². The molecular weight excluding hydrogens is 666 g/mol. The third-order valence-electron chi connectivity index (χ3n) is 9.09. The molecule has 0 bridgehead atoms. The fraction of sp³-hybridized carbons (Fsp3) is 0.571. The molecule has 2 heterocycles. The highest BCUT2D eigenvalue weighted by molar-refractivity contribution is 7.91. The van der Waals surface area contributed by atoms with Crippen LogP contribution in [0.2, 0.25) is 0 Å². The van der Waals surface area contributed by atoms with Gasteiger partial charge in [0.25, 0.3) is 5.91 Å². The van der Waals surface area contributed by atoms with E-state index in [0.717, 1.165) is 10.8 Å². The Hall–Kier alpha value is -4.40. The minimum atomic E-state index is -3.89. The Balaban J connectivity index is 1.44. The van der Waals surface area contributed by atoms with Crippen LogP contribution in [0.15, 0.2) is 43.2 Å². The molecule has 1 aromatic carbocycles. The zero-order valence-electron chi connectivity index (χ0n) is 29.6. The highest BCUT2D eigenvalue weighted by Crippen LogP contribution is 2.45. The van der Waals surface area contributed by atoms with Crippen LogP contribution in [0, 0.1) is 11.3 Å². The van der Waals surface area contributed by atoms with Crippen LogP contribution in [-0.4, -0.2) is 90.3 Å².